The summed E-state index contributed by atoms with van der Waals surface area (Å²) in [5.74, 6) is 0.129. The molecule has 0 atom stereocenters. The van der Waals surface area contributed by atoms with E-state index < -0.39 is 0 Å². The van der Waals surface area contributed by atoms with Gasteiger partial charge < -0.3 is 15.2 Å². The number of halogens is 2. The predicted octanol–water partition coefficient (Wildman–Crippen LogP) is 3.91. The van der Waals surface area contributed by atoms with Crippen LogP contribution in [-0.2, 0) is 6.54 Å². The standard InChI is InChI=1S/C14H13BrFNO2/c1-19-13-7-9(6-10(15)14(13)18)8-17-12-5-3-2-4-11(12)16/h2-7,17-18H,8H2,1H3. The molecule has 0 aliphatic carbocycles. The molecule has 2 aromatic carbocycles. The lowest BCUT2D eigenvalue weighted by Gasteiger charge is -2.11. The first-order chi connectivity index (χ1) is 9.11. The molecule has 0 saturated carbocycles. The molecular formula is C14H13BrFNO2. The predicted molar refractivity (Wildman–Crippen MR) is 76.1 cm³/mol. The lowest BCUT2D eigenvalue weighted by molar-refractivity contribution is 0.371. The Bertz CT molecular complexity index is 590. The first kappa shape index (κ1) is 13.7. The largest absolute Gasteiger partial charge is 0.503 e. The number of ether oxygens (including phenoxy) is 1. The van der Waals surface area contributed by atoms with E-state index in [4.69, 9.17) is 4.74 Å². The van der Waals surface area contributed by atoms with Crippen LogP contribution in [0.3, 0.4) is 0 Å². The molecule has 0 bridgehead atoms. The second-order valence-corrected chi connectivity index (χ2v) is 4.82. The summed E-state index contributed by atoms with van der Waals surface area (Å²) in [5.41, 5.74) is 1.30. The summed E-state index contributed by atoms with van der Waals surface area (Å²) in [7, 11) is 1.48. The Morgan fingerprint density at radius 3 is 2.74 bits per heavy atom. The maximum atomic E-state index is 13.4. The Balaban J connectivity index is 2.16. The van der Waals surface area contributed by atoms with Crippen LogP contribution in [0.4, 0.5) is 10.1 Å². The zero-order valence-corrected chi connectivity index (χ0v) is 11.9. The fourth-order valence-corrected chi connectivity index (χ4v) is 2.18. The van der Waals surface area contributed by atoms with Gasteiger partial charge in [-0.25, -0.2) is 4.39 Å². The second-order valence-electron chi connectivity index (χ2n) is 3.96. The number of nitrogens with one attached hydrogen (secondary N) is 1. The quantitative estimate of drug-likeness (QED) is 0.895. The smallest absolute Gasteiger partial charge is 0.172 e. The minimum Gasteiger partial charge on any atom is -0.503 e. The number of anilines is 1. The fraction of sp³-hybridized carbons (Fsp3) is 0.143. The molecule has 2 aromatic rings. The molecule has 0 aliphatic heterocycles. The van der Waals surface area contributed by atoms with E-state index in [-0.39, 0.29) is 11.6 Å². The molecule has 0 aromatic heterocycles. The van der Waals surface area contributed by atoms with Gasteiger partial charge >= 0.3 is 0 Å². The molecule has 0 spiro atoms. The van der Waals surface area contributed by atoms with Crippen LogP contribution in [0.2, 0.25) is 0 Å². The average molecular weight is 326 g/mol. The van der Waals surface area contributed by atoms with Crippen molar-refractivity contribution < 1.29 is 14.2 Å². The Morgan fingerprint density at radius 1 is 1.32 bits per heavy atom. The van der Waals surface area contributed by atoms with Gasteiger partial charge in [0.2, 0.25) is 0 Å². The van der Waals surface area contributed by atoms with Crippen LogP contribution >= 0.6 is 15.9 Å². The zero-order valence-electron chi connectivity index (χ0n) is 10.3. The van der Waals surface area contributed by atoms with Crippen molar-refractivity contribution in [1.29, 1.82) is 0 Å². The highest BCUT2D eigenvalue weighted by molar-refractivity contribution is 9.10. The highest BCUT2D eigenvalue weighted by Gasteiger charge is 2.09. The van der Waals surface area contributed by atoms with Crippen LogP contribution in [0.25, 0.3) is 0 Å². The molecule has 0 fully saturated rings. The first-order valence-electron chi connectivity index (χ1n) is 5.65. The number of hydrogen-bond donors (Lipinski definition) is 2. The van der Waals surface area contributed by atoms with Gasteiger partial charge in [-0.05, 0) is 45.8 Å². The Kier molecular flexibility index (Phi) is 4.27. The van der Waals surface area contributed by atoms with Gasteiger partial charge in [0.15, 0.2) is 11.5 Å². The molecule has 0 heterocycles. The van der Waals surface area contributed by atoms with Gasteiger partial charge in [0.1, 0.15) is 5.82 Å². The van der Waals surface area contributed by atoms with Crippen molar-refractivity contribution in [2.45, 2.75) is 6.54 Å². The third kappa shape index (κ3) is 3.17. The van der Waals surface area contributed by atoms with Crippen molar-refractivity contribution in [3.8, 4) is 11.5 Å². The fourth-order valence-electron chi connectivity index (χ4n) is 1.69. The number of methoxy groups -OCH3 is 1. The molecule has 2 rings (SSSR count). The second kappa shape index (κ2) is 5.93. The number of aromatic hydroxyl groups is 1. The molecule has 0 amide bonds. The Morgan fingerprint density at radius 2 is 2.05 bits per heavy atom. The monoisotopic (exact) mass is 325 g/mol. The summed E-state index contributed by atoms with van der Waals surface area (Å²) in [6, 6.07) is 9.93. The summed E-state index contributed by atoms with van der Waals surface area (Å²) in [4.78, 5) is 0. The molecule has 3 nitrogen and oxygen atoms in total. The van der Waals surface area contributed by atoms with Crippen molar-refractivity contribution in [3.63, 3.8) is 0 Å². The van der Waals surface area contributed by atoms with Crippen molar-refractivity contribution >= 4 is 21.6 Å². The van der Waals surface area contributed by atoms with Gasteiger partial charge in [0, 0.05) is 6.54 Å². The van der Waals surface area contributed by atoms with E-state index in [2.05, 4.69) is 21.2 Å². The highest BCUT2D eigenvalue weighted by Crippen LogP contribution is 2.35. The van der Waals surface area contributed by atoms with E-state index in [1.807, 2.05) is 0 Å². The summed E-state index contributed by atoms with van der Waals surface area (Å²) >= 11 is 3.25. The van der Waals surface area contributed by atoms with Crippen molar-refractivity contribution in [3.05, 3.63) is 52.3 Å². The molecular weight excluding hydrogens is 313 g/mol. The molecule has 0 saturated heterocycles. The van der Waals surface area contributed by atoms with Crippen molar-refractivity contribution in [1.82, 2.24) is 0 Å². The summed E-state index contributed by atoms with van der Waals surface area (Å²) in [6.07, 6.45) is 0. The van der Waals surface area contributed by atoms with Crippen LogP contribution in [0.1, 0.15) is 5.56 Å². The van der Waals surface area contributed by atoms with Crippen LogP contribution in [-0.4, -0.2) is 12.2 Å². The van der Waals surface area contributed by atoms with Crippen LogP contribution < -0.4 is 10.1 Å². The topological polar surface area (TPSA) is 41.5 Å². The van der Waals surface area contributed by atoms with Gasteiger partial charge in [-0.2, -0.15) is 0 Å². The molecule has 2 N–H and O–H groups in total. The van der Waals surface area contributed by atoms with Gasteiger partial charge in [-0.3, -0.25) is 0 Å². The van der Waals surface area contributed by atoms with Crippen LogP contribution in [0, 0.1) is 5.82 Å². The number of benzene rings is 2. The van der Waals surface area contributed by atoms with Gasteiger partial charge in [-0.1, -0.05) is 12.1 Å². The Labute approximate surface area is 119 Å². The lowest BCUT2D eigenvalue weighted by Crippen LogP contribution is -2.01. The summed E-state index contributed by atoms with van der Waals surface area (Å²) in [6.45, 7) is 0.427. The van der Waals surface area contributed by atoms with Gasteiger partial charge in [-0.15, -0.1) is 0 Å². The number of rotatable bonds is 4. The SMILES string of the molecule is COc1cc(CNc2ccccc2F)cc(Br)c1O. The molecule has 0 aliphatic rings. The maximum absolute atomic E-state index is 13.4. The van der Waals surface area contributed by atoms with Gasteiger partial charge in [0.05, 0.1) is 17.3 Å². The molecule has 100 valence electrons. The van der Waals surface area contributed by atoms with E-state index >= 15 is 0 Å². The first-order valence-corrected chi connectivity index (χ1v) is 6.45. The van der Waals surface area contributed by atoms with Crippen molar-refractivity contribution in [2.75, 3.05) is 12.4 Å². The third-order valence-corrected chi connectivity index (χ3v) is 3.27. The molecule has 19 heavy (non-hydrogen) atoms. The summed E-state index contributed by atoms with van der Waals surface area (Å²) < 4.78 is 19.0. The average Bonchev–Trinajstić information content (AvgIpc) is 2.41. The van der Waals surface area contributed by atoms with Gasteiger partial charge in [0.25, 0.3) is 0 Å². The van der Waals surface area contributed by atoms with Crippen LogP contribution in [0.5, 0.6) is 11.5 Å². The lowest BCUT2D eigenvalue weighted by atomic mass is 10.2. The summed E-state index contributed by atoms with van der Waals surface area (Å²) in [5, 5.41) is 12.7. The van der Waals surface area contributed by atoms with E-state index in [0.717, 1.165) is 5.56 Å². The molecule has 0 radical (unpaired) electrons. The number of para-hydroxylation sites is 1. The third-order valence-electron chi connectivity index (χ3n) is 2.66. The van der Waals surface area contributed by atoms with Crippen molar-refractivity contribution in [2.24, 2.45) is 0 Å². The van der Waals surface area contributed by atoms with E-state index in [1.54, 1.807) is 30.3 Å². The van der Waals surface area contributed by atoms with Crippen LogP contribution in [0.15, 0.2) is 40.9 Å². The van der Waals surface area contributed by atoms with E-state index in [0.29, 0.717) is 22.5 Å². The minimum atomic E-state index is -0.299. The van der Waals surface area contributed by atoms with E-state index in [1.165, 1.54) is 13.2 Å². The normalized spacial score (nSPS) is 10.3. The number of phenols is 1. The highest BCUT2D eigenvalue weighted by atomic mass is 79.9. The van der Waals surface area contributed by atoms with E-state index in [9.17, 15) is 9.50 Å². The number of hydrogen-bond acceptors (Lipinski definition) is 3. The minimum absolute atomic E-state index is 0.0529. The molecule has 5 heteroatoms. The zero-order chi connectivity index (χ0) is 13.8. The Hall–Kier alpha value is -1.75. The molecule has 0 unspecified atom stereocenters. The number of phenolic OH excluding ortho intramolecular Hbond substituents is 1. The maximum Gasteiger partial charge on any atom is 0.172 e.